The molecule has 1 aromatic heterocycles. The highest BCUT2D eigenvalue weighted by atomic mass is 16.2. The molecule has 0 saturated carbocycles. The van der Waals surface area contributed by atoms with E-state index in [-0.39, 0.29) is 16.9 Å². The maximum atomic E-state index is 13.3. The van der Waals surface area contributed by atoms with Gasteiger partial charge in [0.2, 0.25) is 5.56 Å². The standard InChI is InChI=1S/C20H25N3O2/c1-14-4-5-17-15(10-14)16(11-18(24)21-17)19(25)23-8-3-6-20(13-23)7-9-22(2)12-20/h4-5,10-11H,3,6-9,12-13H2,1-2H3,(H,21,24)/t20-/m0/s1. The molecule has 3 heterocycles. The summed E-state index contributed by atoms with van der Waals surface area (Å²) < 4.78 is 0. The zero-order chi connectivity index (χ0) is 17.6. The van der Waals surface area contributed by atoms with Crippen molar-refractivity contribution >= 4 is 16.8 Å². The number of nitrogens with zero attached hydrogens (tertiary/aromatic N) is 2. The van der Waals surface area contributed by atoms with E-state index in [2.05, 4.69) is 16.9 Å². The molecular weight excluding hydrogens is 314 g/mol. The van der Waals surface area contributed by atoms with E-state index < -0.39 is 0 Å². The molecule has 0 unspecified atom stereocenters. The van der Waals surface area contributed by atoms with Gasteiger partial charge in [0, 0.05) is 42.0 Å². The Balaban J connectivity index is 1.70. The van der Waals surface area contributed by atoms with Crippen molar-refractivity contribution in [3.63, 3.8) is 0 Å². The zero-order valence-electron chi connectivity index (χ0n) is 15.0. The molecule has 1 amide bonds. The topological polar surface area (TPSA) is 56.4 Å². The second kappa shape index (κ2) is 5.99. The van der Waals surface area contributed by atoms with Gasteiger partial charge in [-0.05, 0) is 51.9 Å². The van der Waals surface area contributed by atoms with Gasteiger partial charge >= 0.3 is 0 Å². The minimum absolute atomic E-state index is 0.00433. The summed E-state index contributed by atoms with van der Waals surface area (Å²) >= 11 is 0. The Labute approximate surface area is 147 Å². The van der Waals surface area contributed by atoms with Crippen molar-refractivity contribution in [2.24, 2.45) is 5.41 Å². The number of likely N-dealkylation sites (tertiary alicyclic amines) is 2. The van der Waals surface area contributed by atoms with Gasteiger partial charge in [0.05, 0.1) is 5.56 Å². The molecule has 0 radical (unpaired) electrons. The quantitative estimate of drug-likeness (QED) is 0.868. The van der Waals surface area contributed by atoms with E-state index in [1.165, 1.54) is 12.5 Å². The second-order valence-electron chi connectivity index (χ2n) is 7.91. The summed E-state index contributed by atoms with van der Waals surface area (Å²) in [6.07, 6.45) is 3.39. The molecule has 0 aliphatic carbocycles. The molecule has 5 heteroatoms. The zero-order valence-corrected chi connectivity index (χ0v) is 15.0. The van der Waals surface area contributed by atoms with Crippen LogP contribution >= 0.6 is 0 Å². The molecule has 1 spiro atoms. The number of hydrogen-bond acceptors (Lipinski definition) is 3. The van der Waals surface area contributed by atoms with Gasteiger partial charge in [-0.25, -0.2) is 0 Å². The molecule has 1 aromatic carbocycles. The summed E-state index contributed by atoms with van der Waals surface area (Å²) in [7, 11) is 2.16. The number of aromatic nitrogens is 1. The minimum atomic E-state index is -0.216. The average Bonchev–Trinajstić information content (AvgIpc) is 2.94. The average molecular weight is 339 g/mol. The van der Waals surface area contributed by atoms with Crippen LogP contribution in [0.2, 0.25) is 0 Å². The SMILES string of the molecule is Cc1ccc2[nH]c(=O)cc(C(=O)N3CCC[C@@]4(CCN(C)C4)C3)c2c1. The van der Waals surface area contributed by atoms with Crippen molar-refractivity contribution < 1.29 is 4.79 Å². The highest BCUT2D eigenvalue weighted by Gasteiger charge is 2.41. The van der Waals surface area contributed by atoms with Gasteiger partial charge in [-0.15, -0.1) is 0 Å². The third-order valence-electron chi connectivity index (χ3n) is 5.81. The lowest BCUT2D eigenvalue weighted by atomic mass is 9.79. The Morgan fingerprint density at radius 3 is 2.76 bits per heavy atom. The normalized spacial score (nSPS) is 24.3. The largest absolute Gasteiger partial charge is 0.338 e. The summed E-state index contributed by atoms with van der Waals surface area (Å²) in [4.78, 5) is 32.5. The van der Waals surface area contributed by atoms with Gasteiger partial charge < -0.3 is 14.8 Å². The molecule has 2 aromatic rings. The van der Waals surface area contributed by atoms with Crippen LogP contribution in [0, 0.1) is 12.3 Å². The van der Waals surface area contributed by atoms with Crippen LogP contribution in [0.1, 0.15) is 35.2 Å². The molecule has 2 fully saturated rings. The fraction of sp³-hybridized carbons (Fsp3) is 0.500. The van der Waals surface area contributed by atoms with E-state index in [1.807, 2.05) is 30.0 Å². The summed E-state index contributed by atoms with van der Waals surface area (Å²) in [6.45, 7) is 5.75. The number of rotatable bonds is 1. The third-order valence-corrected chi connectivity index (χ3v) is 5.81. The Bertz CT molecular complexity index is 884. The molecule has 5 nitrogen and oxygen atoms in total. The molecule has 0 bridgehead atoms. The van der Waals surface area contributed by atoms with Gasteiger partial charge in [0.1, 0.15) is 0 Å². The number of H-pyrrole nitrogens is 1. The predicted molar refractivity (Wildman–Crippen MR) is 99.0 cm³/mol. The molecule has 25 heavy (non-hydrogen) atoms. The lowest BCUT2D eigenvalue weighted by Crippen LogP contribution is -2.47. The molecular formula is C20H25N3O2. The lowest BCUT2D eigenvalue weighted by Gasteiger charge is -2.40. The van der Waals surface area contributed by atoms with Crippen molar-refractivity contribution in [1.29, 1.82) is 0 Å². The Hall–Kier alpha value is -2.14. The van der Waals surface area contributed by atoms with Crippen LogP contribution in [0.3, 0.4) is 0 Å². The Morgan fingerprint density at radius 1 is 1.16 bits per heavy atom. The fourth-order valence-corrected chi connectivity index (χ4v) is 4.59. The first kappa shape index (κ1) is 16.3. The molecule has 132 valence electrons. The number of carbonyl (C=O) groups excluding carboxylic acids is 1. The van der Waals surface area contributed by atoms with E-state index in [0.717, 1.165) is 55.5 Å². The van der Waals surface area contributed by atoms with Gasteiger partial charge in [-0.1, -0.05) is 11.6 Å². The van der Waals surface area contributed by atoms with Crippen LogP contribution in [0.4, 0.5) is 0 Å². The number of fused-ring (bicyclic) bond motifs is 1. The predicted octanol–water partition coefficient (Wildman–Crippen LogP) is 2.39. The van der Waals surface area contributed by atoms with Crippen LogP contribution < -0.4 is 5.56 Å². The van der Waals surface area contributed by atoms with Crippen molar-refractivity contribution in [1.82, 2.24) is 14.8 Å². The van der Waals surface area contributed by atoms with Crippen LogP contribution in [0.15, 0.2) is 29.1 Å². The van der Waals surface area contributed by atoms with E-state index in [9.17, 15) is 9.59 Å². The van der Waals surface area contributed by atoms with E-state index >= 15 is 0 Å². The number of benzene rings is 1. The van der Waals surface area contributed by atoms with Crippen LogP contribution in [0.25, 0.3) is 10.9 Å². The maximum Gasteiger partial charge on any atom is 0.254 e. The van der Waals surface area contributed by atoms with Gasteiger partial charge in [0.25, 0.3) is 5.91 Å². The van der Waals surface area contributed by atoms with Crippen molar-refractivity contribution in [2.45, 2.75) is 26.2 Å². The van der Waals surface area contributed by atoms with Crippen LogP contribution in [-0.4, -0.2) is 53.9 Å². The molecule has 4 rings (SSSR count). The maximum absolute atomic E-state index is 13.3. The summed E-state index contributed by atoms with van der Waals surface area (Å²) in [5, 5.41) is 0.841. The first-order chi connectivity index (χ1) is 12.0. The van der Waals surface area contributed by atoms with E-state index in [4.69, 9.17) is 0 Å². The first-order valence-corrected chi connectivity index (χ1v) is 9.07. The van der Waals surface area contributed by atoms with E-state index in [0.29, 0.717) is 5.56 Å². The highest BCUT2D eigenvalue weighted by molar-refractivity contribution is 6.06. The highest BCUT2D eigenvalue weighted by Crippen LogP contribution is 2.38. The first-order valence-electron chi connectivity index (χ1n) is 9.07. The number of aryl methyl sites for hydroxylation is 1. The summed E-state index contributed by atoms with van der Waals surface area (Å²) in [5.41, 5.74) is 2.36. The van der Waals surface area contributed by atoms with Gasteiger partial charge in [0.15, 0.2) is 0 Å². The second-order valence-corrected chi connectivity index (χ2v) is 7.91. The van der Waals surface area contributed by atoms with Crippen molar-refractivity contribution in [3.05, 3.63) is 45.7 Å². The molecule has 2 aliphatic heterocycles. The fourth-order valence-electron chi connectivity index (χ4n) is 4.59. The molecule has 1 atom stereocenters. The number of pyridine rings is 1. The Morgan fingerprint density at radius 2 is 2.00 bits per heavy atom. The number of amides is 1. The number of piperidine rings is 1. The number of carbonyl (C=O) groups is 1. The van der Waals surface area contributed by atoms with Crippen molar-refractivity contribution in [3.8, 4) is 0 Å². The monoisotopic (exact) mass is 339 g/mol. The molecule has 2 saturated heterocycles. The minimum Gasteiger partial charge on any atom is -0.338 e. The molecule has 1 N–H and O–H groups in total. The van der Waals surface area contributed by atoms with Crippen LogP contribution in [-0.2, 0) is 0 Å². The Kier molecular flexibility index (Phi) is 3.91. The van der Waals surface area contributed by atoms with Gasteiger partial charge in [-0.2, -0.15) is 0 Å². The third kappa shape index (κ3) is 2.97. The van der Waals surface area contributed by atoms with Crippen LogP contribution in [0.5, 0.6) is 0 Å². The van der Waals surface area contributed by atoms with Crippen molar-refractivity contribution in [2.75, 3.05) is 33.2 Å². The summed E-state index contributed by atoms with van der Waals surface area (Å²) in [5.74, 6) is -0.00433. The number of hydrogen-bond donors (Lipinski definition) is 1. The summed E-state index contributed by atoms with van der Waals surface area (Å²) in [6, 6.07) is 7.29. The van der Waals surface area contributed by atoms with Gasteiger partial charge in [-0.3, -0.25) is 9.59 Å². The smallest absolute Gasteiger partial charge is 0.254 e. The molecule has 2 aliphatic rings. The number of nitrogens with one attached hydrogen (secondary N) is 1. The number of aromatic amines is 1. The lowest BCUT2D eigenvalue weighted by molar-refractivity contribution is 0.0536. The van der Waals surface area contributed by atoms with E-state index in [1.54, 1.807) is 0 Å².